The minimum absolute atomic E-state index is 0.275. The number of halogens is 1. The van der Waals surface area contributed by atoms with Crippen LogP contribution in [0.15, 0.2) is 30.6 Å². The number of ether oxygens (including phenoxy) is 1. The molecule has 0 saturated carbocycles. The molecule has 0 amide bonds. The van der Waals surface area contributed by atoms with E-state index in [1.54, 1.807) is 31.6 Å². The van der Waals surface area contributed by atoms with E-state index in [4.69, 9.17) is 22.1 Å². The van der Waals surface area contributed by atoms with Gasteiger partial charge in [-0.25, -0.2) is 9.97 Å². The Hall–Kier alpha value is -2.01. The Kier molecular flexibility index (Phi) is 3.30. The fraction of sp³-hybridized carbons (Fsp3) is 0.0909. The van der Waals surface area contributed by atoms with Crippen LogP contribution in [0.1, 0.15) is 0 Å². The second kappa shape index (κ2) is 4.88. The molecule has 0 unspecified atom stereocenters. The smallest absolute Gasteiger partial charge is 0.213 e. The van der Waals surface area contributed by atoms with E-state index in [1.807, 2.05) is 6.07 Å². The van der Waals surface area contributed by atoms with Gasteiger partial charge in [-0.1, -0.05) is 11.6 Å². The van der Waals surface area contributed by atoms with Crippen LogP contribution in [-0.4, -0.2) is 17.1 Å². The number of nitrogens with zero attached hydrogens (tertiary/aromatic N) is 2. The average molecular weight is 251 g/mol. The van der Waals surface area contributed by atoms with Crippen molar-refractivity contribution in [1.29, 1.82) is 0 Å². The van der Waals surface area contributed by atoms with E-state index in [2.05, 4.69) is 15.3 Å². The monoisotopic (exact) mass is 250 g/mol. The van der Waals surface area contributed by atoms with Gasteiger partial charge in [-0.15, -0.1) is 0 Å². The van der Waals surface area contributed by atoms with Crippen molar-refractivity contribution >= 4 is 28.7 Å². The van der Waals surface area contributed by atoms with E-state index in [9.17, 15) is 0 Å². The van der Waals surface area contributed by atoms with Crippen molar-refractivity contribution in [3.05, 3.63) is 35.7 Å². The summed E-state index contributed by atoms with van der Waals surface area (Å²) < 4.78 is 4.97. The molecule has 0 atom stereocenters. The molecule has 17 heavy (non-hydrogen) atoms. The molecule has 0 aromatic carbocycles. The molecule has 2 heterocycles. The summed E-state index contributed by atoms with van der Waals surface area (Å²) in [6.45, 7) is 0. The number of nitrogen functional groups attached to an aromatic ring is 1. The minimum atomic E-state index is 0.275. The topological polar surface area (TPSA) is 73.1 Å². The van der Waals surface area contributed by atoms with E-state index >= 15 is 0 Å². The molecule has 2 aromatic heterocycles. The third-order valence-corrected chi connectivity index (χ3v) is 2.47. The summed E-state index contributed by atoms with van der Waals surface area (Å²) in [4.78, 5) is 7.94. The molecule has 0 saturated heterocycles. The minimum Gasteiger partial charge on any atom is -0.481 e. The van der Waals surface area contributed by atoms with Crippen LogP contribution in [0.5, 0.6) is 5.88 Å². The van der Waals surface area contributed by atoms with Crippen molar-refractivity contribution in [3.8, 4) is 5.88 Å². The first-order chi connectivity index (χ1) is 8.20. The number of rotatable bonds is 3. The number of nitrogens with one attached hydrogen (secondary N) is 1. The molecule has 2 aromatic rings. The fourth-order valence-electron chi connectivity index (χ4n) is 1.29. The number of hydrogen-bond donors (Lipinski definition) is 2. The highest BCUT2D eigenvalue weighted by molar-refractivity contribution is 6.32. The van der Waals surface area contributed by atoms with Gasteiger partial charge >= 0.3 is 0 Å². The molecule has 0 fully saturated rings. The Labute approximate surface area is 104 Å². The third-order valence-electron chi connectivity index (χ3n) is 2.17. The van der Waals surface area contributed by atoms with Crippen LogP contribution in [0.2, 0.25) is 5.15 Å². The van der Waals surface area contributed by atoms with Gasteiger partial charge in [0.25, 0.3) is 0 Å². The van der Waals surface area contributed by atoms with Gasteiger partial charge < -0.3 is 15.8 Å². The van der Waals surface area contributed by atoms with Crippen LogP contribution in [-0.2, 0) is 0 Å². The average Bonchev–Trinajstić information content (AvgIpc) is 2.36. The summed E-state index contributed by atoms with van der Waals surface area (Å²) in [5.74, 6) is 0.552. The maximum Gasteiger partial charge on any atom is 0.213 e. The molecule has 0 aliphatic rings. The number of pyridine rings is 2. The Morgan fingerprint density at radius 1 is 1.29 bits per heavy atom. The van der Waals surface area contributed by atoms with Gasteiger partial charge in [0.1, 0.15) is 0 Å². The second-order valence-corrected chi connectivity index (χ2v) is 3.64. The number of nitrogens with two attached hydrogens (primary N) is 1. The number of anilines is 3. The van der Waals surface area contributed by atoms with Crippen molar-refractivity contribution in [3.63, 3.8) is 0 Å². The predicted octanol–water partition coefficient (Wildman–Crippen LogP) is 2.46. The molecule has 2 rings (SSSR count). The van der Waals surface area contributed by atoms with E-state index in [0.29, 0.717) is 17.3 Å². The highest BCUT2D eigenvalue weighted by atomic mass is 35.5. The summed E-state index contributed by atoms with van der Waals surface area (Å²) in [5.41, 5.74) is 7.67. The highest BCUT2D eigenvalue weighted by Crippen LogP contribution is 2.27. The highest BCUT2D eigenvalue weighted by Gasteiger charge is 2.04. The lowest BCUT2D eigenvalue weighted by atomic mass is 10.3. The lowest BCUT2D eigenvalue weighted by molar-refractivity contribution is 0.398. The Balaban J connectivity index is 2.22. The molecule has 0 bridgehead atoms. The van der Waals surface area contributed by atoms with Gasteiger partial charge in [0.15, 0.2) is 5.15 Å². The maximum absolute atomic E-state index is 5.82. The van der Waals surface area contributed by atoms with Crippen LogP contribution >= 0.6 is 11.6 Å². The van der Waals surface area contributed by atoms with Crippen LogP contribution in [0.25, 0.3) is 0 Å². The first-order valence-corrected chi connectivity index (χ1v) is 5.25. The number of methoxy groups -OCH3 is 1. The molecule has 88 valence electrons. The Morgan fingerprint density at radius 3 is 2.76 bits per heavy atom. The van der Waals surface area contributed by atoms with Gasteiger partial charge in [0.05, 0.1) is 30.4 Å². The largest absolute Gasteiger partial charge is 0.481 e. The summed E-state index contributed by atoms with van der Waals surface area (Å²) >= 11 is 5.82. The molecule has 5 nitrogen and oxygen atoms in total. The first-order valence-electron chi connectivity index (χ1n) is 4.88. The molecule has 0 aliphatic carbocycles. The normalized spacial score (nSPS) is 10.0. The number of aromatic nitrogens is 2. The standard InChI is InChI=1S/C11H11ClN4O/c1-17-9-3-2-7(6-15-9)16-8-4-5-14-11(12)10(8)13/h2-6H,13H2,1H3,(H,14,16). The van der Waals surface area contributed by atoms with Gasteiger partial charge in [-0.3, -0.25) is 0 Å². The van der Waals surface area contributed by atoms with E-state index in [0.717, 1.165) is 5.69 Å². The van der Waals surface area contributed by atoms with Gasteiger partial charge in [-0.2, -0.15) is 0 Å². The van der Waals surface area contributed by atoms with Crippen LogP contribution in [0.4, 0.5) is 17.1 Å². The number of hydrogen-bond acceptors (Lipinski definition) is 5. The second-order valence-electron chi connectivity index (χ2n) is 3.28. The zero-order valence-electron chi connectivity index (χ0n) is 9.14. The Bertz CT molecular complexity index is 515. The third kappa shape index (κ3) is 2.57. The van der Waals surface area contributed by atoms with E-state index in [1.165, 1.54) is 0 Å². The maximum atomic E-state index is 5.82. The summed E-state index contributed by atoms with van der Waals surface area (Å²) in [6, 6.07) is 5.33. The Morgan fingerprint density at radius 2 is 2.12 bits per heavy atom. The summed E-state index contributed by atoms with van der Waals surface area (Å²) in [6.07, 6.45) is 3.23. The van der Waals surface area contributed by atoms with Crippen LogP contribution < -0.4 is 15.8 Å². The summed E-state index contributed by atoms with van der Waals surface area (Å²) in [7, 11) is 1.57. The zero-order chi connectivity index (χ0) is 12.3. The molecule has 0 radical (unpaired) electrons. The SMILES string of the molecule is COc1ccc(Nc2ccnc(Cl)c2N)cn1. The van der Waals surface area contributed by atoms with E-state index in [-0.39, 0.29) is 5.15 Å². The van der Waals surface area contributed by atoms with Crippen molar-refractivity contribution in [2.75, 3.05) is 18.2 Å². The lowest BCUT2D eigenvalue weighted by Gasteiger charge is -2.09. The predicted molar refractivity (Wildman–Crippen MR) is 67.7 cm³/mol. The zero-order valence-corrected chi connectivity index (χ0v) is 9.90. The molecule has 6 heteroatoms. The molecule has 0 aliphatic heterocycles. The molecule has 3 N–H and O–H groups in total. The van der Waals surface area contributed by atoms with Crippen LogP contribution in [0.3, 0.4) is 0 Å². The van der Waals surface area contributed by atoms with Gasteiger partial charge in [-0.05, 0) is 12.1 Å². The van der Waals surface area contributed by atoms with Gasteiger partial charge in [0, 0.05) is 12.3 Å². The van der Waals surface area contributed by atoms with E-state index < -0.39 is 0 Å². The molecular formula is C11H11ClN4O. The van der Waals surface area contributed by atoms with Crippen molar-refractivity contribution < 1.29 is 4.74 Å². The van der Waals surface area contributed by atoms with Gasteiger partial charge in [0.2, 0.25) is 5.88 Å². The molecule has 0 spiro atoms. The van der Waals surface area contributed by atoms with Crippen LogP contribution in [0, 0.1) is 0 Å². The quantitative estimate of drug-likeness (QED) is 0.819. The lowest BCUT2D eigenvalue weighted by Crippen LogP contribution is -1.98. The van der Waals surface area contributed by atoms with Crippen molar-refractivity contribution in [1.82, 2.24) is 9.97 Å². The molecular weight excluding hydrogens is 240 g/mol. The fourth-order valence-corrected chi connectivity index (χ4v) is 1.45. The summed E-state index contributed by atoms with van der Waals surface area (Å²) in [5, 5.41) is 3.37. The van der Waals surface area contributed by atoms with Crippen molar-refractivity contribution in [2.45, 2.75) is 0 Å². The first kappa shape index (κ1) is 11.5. The van der Waals surface area contributed by atoms with Crippen molar-refractivity contribution in [2.24, 2.45) is 0 Å².